The van der Waals surface area contributed by atoms with Crippen LogP contribution in [0.2, 0.25) is 0 Å². The fourth-order valence-corrected chi connectivity index (χ4v) is 2.17. The Balaban J connectivity index is 1.85. The highest BCUT2D eigenvalue weighted by molar-refractivity contribution is 5.97. The van der Waals surface area contributed by atoms with Crippen LogP contribution in [0.25, 0.3) is 0 Å². The number of urea groups is 1. The van der Waals surface area contributed by atoms with E-state index < -0.39 is 24.0 Å². The third kappa shape index (κ3) is 5.66. The number of nitrogens with one attached hydrogen (secondary N) is 2. The molecule has 0 spiro atoms. The summed E-state index contributed by atoms with van der Waals surface area (Å²) < 4.78 is 15.9. The van der Waals surface area contributed by atoms with Crippen LogP contribution >= 0.6 is 0 Å². The molecule has 1 heterocycles. The first-order valence-corrected chi connectivity index (χ1v) is 8.04. The Hall–Kier alpha value is -2.77. The first-order chi connectivity index (χ1) is 11.8. The van der Waals surface area contributed by atoms with Crippen molar-refractivity contribution in [3.05, 3.63) is 23.8 Å². The Morgan fingerprint density at radius 2 is 1.80 bits per heavy atom. The van der Waals surface area contributed by atoms with E-state index in [1.807, 2.05) is 0 Å². The van der Waals surface area contributed by atoms with E-state index in [0.717, 1.165) is 0 Å². The number of amides is 3. The Labute approximate surface area is 145 Å². The first-order valence-electron chi connectivity index (χ1n) is 8.04. The summed E-state index contributed by atoms with van der Waals surface area (Å²) in [5.41, 5.74) is 0.680. The second kappa shape index (κ2) is 8.36. The summed E-state index contributed by atoms with van der Waals surface area (Å²) in [5.74, 6) is -0.0581. The molecule has 1 aromatic rings. The van der Waals surface area contributed by atoms with Crippen LogP contribution in [0.1, 0.15) is 26.3 Å². The van der Waals surface area contributed by atoms with E-state index in [2.05, 4.69) is 10.6 Å². The van der Waals surface area contributed by atoms with Gasteiger partial charge in [0, 0.05) is 6.04 Å². The number of ether oxygens (including phenoxy) is 3. The van der Waals surface area contributed by atoms with Crippen molar-refractivity contribution in [3.63, 3.8) is 0 Å². The van der Waals surface area contributed by atoms with Gasteiger partial charge in [-0.1, -0.05) is 6.07 Å². The van der Waals surface area contributed by atoms with Gasteiger partial charge in [0.25, 0.3) is 5.91 Å². The van der Waals surface area contributed by atoms with Gasteiger partial charge in [0.05, 0.1) is 6.42 Å². The lowest BCUT2D eigenvalue weighted by Crippen LogP contribution is -2.46. The lowest BCUT2D eigenvalue weighted by Gasteiger charge is -2.19. The molecule has 2 N–H and O–H groups in total. The highest BCUT2D eigenvalue weighted by Gasteiger charge is 2.21. The number of imide groups is 1. The fourth-order valence-electron chi connectivity index (χ4n) is 2.17. The Kier molecular flexibility index (Phi) is 6.21. The van der Waals surface area contributed by atoms with Gasteiger partial charge < -0.3 is 19.5 Å². The fraction of sp³-hybridized carbons (Fsp3) is 0.471. The second-order valence-electron chi connectivity index (χ2n) is 5.90. The predicted octanol–water partition coefficient (Wildman–Crippen LogP) is 1.17. The van der Waals surface area contributed by atoms with Crippen LogP contribution in [0, 0.1) is 0 Å². The Morgan fingerprint density at radius 3 is 2.48 bits per heavy atom. The predicted molar refractivity (Wildman–Crippen MR) is 88.5 cm³/mol. The maximum absolute atomic E-state index is 12.0. The molecule has 1 aliphatic heterocycles. The quantitative estimate of drug-likeness (QED) is 0.773. The van der Waals surface area contributed by atoms with Crippen molar-refractivity contribution < 1.29 is 28.6 Å². The van der Waals surface area contributed by atoms with Gasteiger partial charge in [-0.05, 0) is 38.5 Å². The number of esters is 1. The molecule has 0 bridgehead atoms. The molecule has 8 heteroatoms. The average Bonchev–Trinajstić information content (AvgIpc) is 2.53. The van der Waals surface area contributed by atoms with Crippen LogP contribution in [0.5, 0.6) is 11.5 Å². The largest absolute Gasteiger partial charge is 0.486 e. The van der Waals surface area contributed by atoms with E-state index in [4.69, 9.17) is 14.2 Å². The molecule has 25 heavy (non-hydrogen) atoms. The Morgan fingerprint density at radius 1 is 1.12 bits per heavy atom. The number of hydrogen-bond donors (Lipinski definition) is 2. The van der Waals surface area contributed by atoms with E-state index in [0.29, 0.717) is 30.3 Å². The number of benzene rings is 1. The van der Waals surface area contributed by atoms with Crippen LogP contribution in [-0.4, -0.2) is 43.3 Å². The SMILES string of the molecule is CC(C)NC(=O)NC(=O)[C@@H](C)OC(=O)Cc1ccc2c(c1)OCCO2. The normalized spacial score (nSPS) is 13.8. The van der Waals surface area contributed by atoms with Crippen molar-refractivity contribution in [1.29, 1.82) is 0 Å². The smallest absolute Gasteiger partial charge is 0.321 e. The summed E-state index contributed by atoms with van der Waals surface area (Å²) in [5, 5.41) is 4.63. The molecule has 3 amide bonds. The standard InChI is InChI=1S/C17H22N2O6/c1-10(2)18-17(22)19-16(21)11(3)25-15(20)9-12-4-5-13-14(8-12)24-7-6-23-13/h4-5,8,10-11H,6-7,9H2,1-3H3,(H2,18,19,21,22)/t11-/m1/s1. The van der Waals surface area contributed by atoms with E-state index >= 15 is 0 Å². The summed E-state index contributed by atoms with van der Waals surface area (Å²) in [6.07, 6.45) is -1.10. The average molecular weight is 350 g/mol. The number of rotatable bonds is 5. The molecular formula is C17H22N2O6. The molecule has 0 unspecified atom stereocenters. The Bertz CT molecular complexity index is 659. The van der Waals surface area contributed by atoms with E-state index in [-0.39, 0.29) is 12.5 Å². The lowest BCUT2D eigenvalue weighted by molar-refractivity contribution is -0.153. The van der Waals surface area contributed by atoms with E-state index in [1.165, 1.54) is 6.92 Å². The molecule has 0 saturated heterocycles. The summed E-state index contributed by atoms with van der Waals surface area (Å²) in [7, 11) is 0. The first kappa shape index (κ1) is 18.6. The van der Waals surface area contributed by atoms with Crippen LogP contribution < -0.4 is 20.1 Å². The summed E-state index contributed by atoms with van der Waals surface area (Å²) in [4.78, 5) is 35.3. The summed E-state index contributed by atoms with van der Waals surface area (Å²) in [6.45, 7) is 5.88. The number of carbonyl (C=O) groups is 3. The zero-order chi connectivity index (χ0) is 18.4. The van der Waals surface area contributed by atoms with E-state index in [1.54, 1.807) is 32.0 Å². The van der Waals surface area contributed by atoms with Gasteiger partial charge in [0.15, 0.2) is 17.6 Å². The molecule has 1 aliphatic rings. The summed E-state index contributed by atoms with van der Waals surface area (Å²) in [6, 6.07) is 4.42. The van der Waals surface area contributed by atoms with Crippen molar-refractivity contribution in [2.75, 3.05) is 13.2 Å². The number of carbonyl (C=O) groups excluding carboxylic acids is 3. The van der Waals surface area contributed by atoms with Crippen LogP contribution in [0.4, 0.5) is 4.79 Å². The lowest BCUT2D eigenvalue weighted by atomic mass is 10.1. The van der Waals surface area contributed by atoms with Gasteiger partial charge in [-0.25, -0.2) is 4.79 Å². The zero-order valence-electron chi connectivity index (χ0n) is 14.5. The monoisotopic (exact) mass is 350 g/mol. The van der Waals surface area contributed by atoms with Gasteiger partial charge >= 0.3 is 12.0 Å². The molecular weight excluding hydrogens is 328 g/mol. The minimum Gasteiger partial charge on any atom is -0.486 e. The van der Waals surface area contributed by atoms with Gasteiger partial charge in [0.2, 0.25) is 0 Å². The molecule has 0 saturated carbocycles. The van der Waals surface area contributed by atoms with Crippen molar-refractivity contribution in [3.8, 4) is 11.5 Å². The van der Waals surface area contributed by atoms with Gasteiger partial charge in [-0.2, -0.15) is 0 Å². The molecule has 8 nitrogen and oxygen atoms in total. The molecule has 0 aliphatic carbocycles. The third-order valence-electron chi connectivity index (χ3n) is 3.29. The molecule has 2 rings (SSSR count). The van der Waals surface area contributed by atoms with Crippen molar-refractivity contribution in [2.45, 2.75) is 39.3 Å². The highest BCUT2D eigenvalue weighted by Crippen LogP contribution is 2.30. The number of hydrogen-bond acceptors (Lipinski definition) is 6. The third-order valence-corrected chi connectivity index (χ3v) is 3.29. The van der Waals surface area contributed by atoms with Crippen LogP contribution in [0.3, 0.4) is 0 Å². The molecule has 1 aromatic carbocycles. The van der Waals surface area contributed by atoms with E-state index in [9.17, 15) is 14.4 Å². The summed E-state index contributed by atoms with van der Waals surface area (Å²) >= 11 is 0. The minimum atomic E-state index is -1.08. The zero-order valence-corrected chi connectivity index (χ0v) is 14.5. The highest BCUT2D eigenvalue weighted by atomic mass is 16.6. The van der Waals surface area contributed by atoms with Crippen LogP contribution in [0.15, 0.2) is 18.2 Å². The topological polar surface area (TPSA) is 103 Å². The van der Waals surface area contributed by atoms with Gasteiger partial charge in [0.1, 0.15) is 13.2 Å². The van der Waals surface area contributed by atoms with Gasteiger partial charge in [-0.15, -0.1) is 0 Å². The maximum Gasteiger partial charge on any atom is 0.321 e. The minimum absolute atomic E-state index is 0.0214. The molecule has 0 aromatic heterocycles. The van der Waals surface area contributed by atoms with Gasteiger partial charge in [-0.3, -0.25) is 14.9 Å². The van der Waals surface area contributed by atoms with Crippen molar-refractivity contribution in [1.82, 2.24) is 10.6 Å². The molecule has 136 valence electrons. The number of fused-ring (bicyclic) bond motifs is 1. The maximum atomic E-state index is 12.0. The van der Waals surface area contributed by atoms with Crippen molar-refractivity contribution in [2.24, 2.45) is 0 Å². The van der Waals surface area contributed by atoms with Crippen LogP contribution in [-0.2, 0) is 20.7 Å². The molecule has 0 radical (unpaired) electrons. The molecule has 0 fully saturated rings. The molecule has 1 atom stereocenters. The second-order valence-corrected chi connectivity index (χ2v) is 5.90. The van der Waals surface area contributed by atoms with Crippen molar-refractivity contribution >= 4 is 17.9 Å².